The fraction of sp³-hybridized carbons (Fsp3) is 0.100. The second kappa shape index (κ2) is 5.05. The summed E-state index contributed by atoms with van der Waals surface area (Å²) in [5, 5.41) is -1.31. The molecule has 1 nitrogen and oxygen atoms in total. The molecule has 1 aromatic carbocycles. The fourth-order valence-corrected chi connectivity index (χ4v) is 0.981. The number of rotatable bonds is 3. The number of carbonyl (C=O) groups is 1. The standard InChI is InChI=1S/C10H8Cl2O/c11-9(10(12)13)7-6-8-4-2-1-3-5-8/h1-7,9H. The lowest BCUT2D eigenvalue weighted by Gasteiger charge is -1.94. The minimum atomic E-state index is -0.748. The Morgan fingerprint density at radius 1 is 1.31 bits per heavy atom. The molecule has 0 aliphatic heterocycles. The van der Waals surface area contributed by atoms with E-state index in [4.69, 9.17) is 23.2 Å². The van der Waals surface area contributed by atoms with Crippen LogP contribution in [0.15, 0.2) is 36.4 Å². The van der Waals surface area contributed by atoms with Crippen molar-refractivity contribution in [3.63, 3.8) is 0 Å². The largest absolute Gasteiger partial charge is 0.279 e. The molecule has 1 unspecified atom stereocenters. The molecule has 1 rings (SSSR count). The Kier molecular flexibility index (Phi) is 4.00. The minimum absolute atomic E-state index is 0.561. The van der Waals surface area contributed by atoms with Crippen molar-refractivity contribution in [1.29, 1.82) is 0 Å². The highest BCUT2D eigenvalue weighted by Crippen LogP contribution is 2.07. The molecule has 3 heteroatoms. The van der Waals surface area contributed by atoms with E-state index in [9.17, 15) is 4.79 Å². The van der Waals surface area contributed by atoms with Crippen LogP contribution in [0.25, 0.3) is 6.08 Å². The maximum atomic E-state index is 10.5. The van der Waals surface area contributed by atoms with E-state index < -0.39 is 10.6 Å². The van der Waals surface area contributed by atoms with Gasteiger partial charge in [0.2, 0.25) is 5.24 Å². The van der Waals surface area contributed by atoms with Crippen molar-refractivity contribution >= 4 is 34.5 Å². The quantitative estimate of drug-likeness (QED) is 0.559. The molecule has 0 N–H and O–H groups in total. The first kappa shape index (κ1) is 10.3. The zero-order valence-corrected chi connectivity index (χ0v) is 8.29. The van der Waals surface area contributed by atoms with Crippen molar-refractivity contribution < 1.29 is 4.79 Å². The summed E-state index contributed by atoms with van der Waals surface area (Å²) in [6.07, 6.45) is 3.32. The van der Waals surface area contributed by atoms with Crippen LogP contribution in [0.5, 0.6) is 0 Å². The average Bonchev–Trinajstić information content (AvgIpc) is 2.15. The number of hydrogen-bond donors (Lipinski definition) is 0. The Hall–Kier alpha value is -0.790. The van der Waals surface area contributed by atoms with Gasteiger partial charge in [-0.2, -0.15) is 0 Å². The molecule has 1 aromatic rings. The van der Waals surface area contributed by atoms with Crippen LogP contribution in [0.2, 0.25) is 0 Å². The first-order valence-corrected chi connectivity index (χ1v) is 4.58. The highest BCUT2D eigenvalue weighted by atomic mass is 35.5. The van der Waals surface area contributed by atoms with Crippen LogP contribution in [0, 0.1) is 0 Å². The van der Waals surface area contributed by atoms with Crippen molar-refractivity contribution in [2.24, 2.45) is 0 Å². The van der Waals surface area contributed by atoms with Crippen LogP contribution >= 0.6 is 23.2 Å². The van der Waals surface area contributed by atoms with Crippen LogP contribution in [-0.2, 0) is 4.79 Å². The second-order valence-corrected chi connectivity index (χ2v) is 3.32. The van der Waals surface area contributed by atoms with Crippen LogP contribution in [0.3, 0.4) is 0 Å². The molecule has 0 saturated heterocycles. The number of hydrogen-bond acceptors (Lipinski definition) is 1. The normalized spacial score (nSPS) is 13.1. The van der Waals surface area contributed by atoms with E-state index in [1.165, 1.54) is 0 Å². The molecule has 1 atom stereocenters. The average molecular weight is 215 g/mol. The molecular formula is C10H8Cl2O. The van der Waals surface area contributed by atoms with Gasteiger partial charge in [0.05, 0.1) is 0 Å². The van der Waals surface area contributed by atoms with Gasteiger partial charge in [-0.05, 0) is 17.2 Å². The molecule has 0 heterocycles. The number of halogens is 2. The van der Waals surface area contributed by atoms with Gasteiger partial charge in [-0.1, -0.05) is 42.5 Å². The Bertz CT molecular complexity index is 306. The van der Waals surface area contributed by atoms with E-state index in [1.807, 2.05) is 30.3 Å². The molecule has 0 aliphatic rings. The zero-order valence-electron chi connectivity index (χ0n) is 6.78. The van der Waals surface area contributed by atoms with Crippen molar-refractivity contribution in [2.75, 3.05) is 0 Å². The SMILES string of the molecule is O=C(Cl)C(Cl)C=Cc1ccccc1. The lowest BCUT2D eigenvalue weighted by Crippen LogP contribution is -2.02. The third-order valence-corrected chi connectivity index (χ3v) is 2.16. The van der Waals surface area contributed by atoms with Gasteiger partial charge in [0.1, 0.15) is 5.38 Å². The van der Waals surface area contributed by atoms with Crippen molar-refractivity contribution in [2.45, 2.75) is 5.38 Å². The van der Waals surface area contributed by atoms with Crippen molar-refractivity contribution in [3.8, 4) is 0 Å². The molecule has 0 radical (unpaired) electrons. The van der Waals surface area contributed by atoms with Crippen molar-refractivity contribution in [3.05, 3.63) is 42.0 Å². The summed E-state index contributed by atoms with van der Waals surface area (Å²) in [6, 6.07) is 9.57. The van der Waals surface area contributed by atoms with Crippen molar-refractivity contribution in [1.82, 2.24) is 0 Å². The molecule has 68 valence electrons. The van der Waals surface area contributed by atoms with Gasteiger partial charge in [0, 0.05) is 0 Å². The van der Waals surface area contributed by atoms with E-state index in [0.29, 0.717) is 0 Å². The molecule has 0 saturated carbocycles. The maximum Gasteiger partial charge on any atom is 0.243 e. The second-order valence-electron chi connectivity index (χ2n) is 2.48. The highest BCUT2D eigenvalue weighted by molar-refractivity contribution is 6.69. The van der Waals surface area contributed by atoms with E-state index in [1.54, 1.807) is 12.2 Å². The topological polar surface area (TPSA) is 17.1 Å². The summed E-state index contributed by atoms with van der Waals surface area (Å²) in [5.74, 6) is 0. The summed E-state index contributed by atoms with van der Waals surface area (Å²) in [7, 11) is 0. The van der Waals surface area contributed by atoms with Gasteiger partial charge in [-0.3, -0.25) is 4.79 Å². The van der Waals surface area contributed by atoms with E-state index in [-0.39, 0.29) is 0 Å². The van der Waals surface area contributed by atoms with Gasteiger partial charge in [0.15, 0.2) is 0 Å². The number of allylic oxidation sites excluding steroid dienone is 1. The summed E-state index contributed by atoms with van der Waals surface area (Å²) >= 11 is 10.8. The first-order chi connectivity index (χ1) is 6.20. The fourth-order valence-electron chi connectivity index (χ4n) is 0.835. The Morgan fingerprint density at radius 2 is 1.92 bits per heavy atom. The van der Waals surface area contributed by atoms with Crippen LogP contribution < -0.4 is 0 Å². The molecule has 0 aromatic heterocycles. The third-order valence-electron chi connectivity index (χ3n) is 1.47. The summed E-state index contributed by atoms with van der Waals surface area (Å²) in [6.45, 7) is 0. The van der Waals surface area contributed by atoms with Gasteiger partial charge in [0.25, 0.3) is 0 Å². The number of alkyl halides is 1. The van der Waals surface area contributed by atoms with Gasteiger partial charge >= 0.3 is 0 Å². The molecule has 0 fully saturated rings. The monoisotopic (exact) mass is 214 g/mol. The maximum absolute atomic E-state index is 10.5. The Labute approximate surface area is 87.0 Å². The molecule has 13 heavy (non-hydrogen) atoms. The van der Waals surface area contributed by atoms with Gasteiger partial charge in [-0.25, -0.2) is 0 Å². The molecule has 0 aliphatic carbocycles. The third kappa shape index (κ3) is 3.62. The summed E-state index contributed by atoms with van der Waals surface area (Å²) in [4.78, 5) is 10.5. The van der Waals surface area contributed by atoms with E-state index >= 15 is 0 Å². The molecule has 0 spiro atoms. The van der Waals surface area contributed by atoms with E-state index in [0.717, 1.165) is 5.56 Å². The predicted molar refractivity (Wildman–Crippen MR) is 56.0 cm³/mol. The Balaban J connectivity index is 2.64. The lowest BCUT2D eigenvalue weighted by molar-refractivity contribution is -0.110. The van der Waals surface area contributed by atoms with Gasteiger partial charge < -0.3 is 0 Å². The smallest absolute Gasteiger partial charge is 0.243 e. The summed E-state index contributed by atoms with van der Waals surface area (Å²) in [5.41, 5.74) is 0.992. The summed E-state index contributed by atoms with van der Waals surface area (Å²) < 4.78 is 0. The molecular weight excluding hydrogens is 207 g/mol. The van der Waals surface area contributed by atoms with Gasteiger partial charge in [-0.15, -0.1) is 11.6 Å². The highest BCUT2D eigenvalue weighted by Gasteiger charge is 2.06. The van der Waals surface area contributed by atoms with Crippen LogP contribution in [0.4, 0.5) is 0 Å². The lowest BCUT2D eigenvalue weighted by atomic mass is 10.2. The molecule has 0 bridgehead atoms. The van der Waals surface area contributed by atoms with E-state index in [2.05, 4.69) is 0 Å². The Morgan fingerprint density at radius 3 is 2.46 bits per heavy atom. The number of carbonyl (C=O) groups excluding carboxylic acids is 1. The minimum Gasteiger partial charge on any atom is -0.279 e. The van der Waals surface area contributed by atoms with Crippen LogP contribution in [-0.4, -0.2) is 10.6 Å². The number of benzene rings is 1. The first-order valence-electron chi connectivity index (χ1n) is 3.77. The van der Waals surface area contributed by atoms with Crippen LogP contribution in [0.1, 0.15) is 5.56 Å². The predicted octanol–water partition coefficient (Wildman–Crippen LogP) is 3.07. The molecule has 0 amide bonds. The zero-order chi connectivity index (χ0) is 9.68.